The number of nitrogens with zero attached hydrogens (tertiary/aromatic N) is 2. The molecular weight excluding hydrogens is 442 g/mol. The van der Waals surface area contributed by atoms with Gasteiger partial charge in [-0.1, -0.05) is 72.8 Å². The first-order valence-electron chi connectivity index (χ1n) is 11.0. The van der Waals surface area contributed by atoms with Gasteiger partial charge in [-0.05, 0) is 28.0 Å². The molecule has 0 saturated heterocycles. The fourth-order valence-corrected chi connectivity index (χ4v) is 4.41. The Balaban J connectivity index is 1.65. The largest absolute Gasteiger partial charge is 0.440 e. The summed E-state index contributed by atoms with van der Waals surface area (Å²) in [4.78, 5) is 23.8. The van der Waals surface area contributed by atoms with Gasteiger partial charge in [0.2, 0.25) is 11.8 Å². The third kappa shape index (κ3) is 4.21. The van der Waals surface area contributed by atoms with Crippen LogP contribution >= 0.6 is 0 Å². The SMILES string of the molecule is N#CC1=C(NC(=O)Cc2ccccc2)Oc2ccc3ccccc3c2C1c1cccc([N+](=O)[O-])c1. The second-order valence-electron chi connectivity index (χ2n) is 8.15. The van der Waals surface area contributed by atoms with E-state index in [0.717, 1.165) is 21.9 Å². The quantitative estimate of drug-likeness (QED) is 0.318. The van der Waals surface area contributed by atoms with Crippen LogP contribution in [-0.2, 0) is 11.2 Å². The van der Waals surface area contributed by atoms with Crippen LogP contribution < -0.4 is 10.1 Å². The zero-order valence-electron chi connectivity index (χ0n) is 18.5. The van der Waals surface area contributed by atoms with E-state index in [2.05, 4.69) is 11.4 Å². The monoisotopic (exact) mass is 461 g/mol. The molecule has 7 nitrogen and oxygen atoms in total. The minimum atomic E-state index is -0.665. The molecule has 0 bridgehead atoms. The molecule has 1 aliphatic heterocycles. The molecule has 170 valence electrons. The van der Waals surface area contributed by atoms with Crippen LogP contribution in [0.15, 0.2) is 102 Å². The summed E-state index contributed by atoms with van der Waals surface area (Å²) < 4.78 is 6.07. The summed E-state index contributed by atoms with van der Waals surface area (Å²) in [6.07, 6.45) is 0.110. The van der Waals surface area contributed by atoms with Crippen LogP contribution in [0.25, 0.3) is 10.8 Å². The lowest BCUT2D eigenvalue weighted by molar-refractivity contribution is -0.384. The van der Waals surface area contributed by atoms with Crippen LogP contribution in [0, 0.1) is 21.4 Å². The topological polar surface area (TPSA) is 105 Å². The number of benzene rings is 4. The Morgan fingerprint density at radius 3 is 2.54 bits per heavy atom. The minimum Gasteiger partial charge on any atom is -0.440 e. The van der Waals surface area contributed by atoms with Gasteiger partial charge >= 0.3 is 0 Å². The maximum Gasteiger partial charge on any atom is 0.269 e. The van der Waals surface area contributed by atoms with Gasteiger partial charge in [-0.15, -0.1) is 0 Å². The van der Waals surface area contributed by atoms with Crippen LogP contribution in [0.2, 0.25) is 0 Å². The van der Waals surface area contributed by atoms with E-state index in [-0.39, 0.29) is 29.5 Å². The Morgan fingerprint density at radius 2 is 1.77 bits per heavy atom. The summed E-state index contributed by atoms with van der Waals surface area (Å²) in [7, 11) is 0. The highest BCUT2D eigenvalue weighted by Crippen LogP contribution is 2.46. The Labute approximate surface area is 201 Å². The van der Waals surface area contributed by atoms with Gasteiger partial charge in [0.05, 0.1) is 17.3 Å². The molecule has 0 saturated carbocycles. The zero-order valence-corrected chi connectivity index (χ0v) is 18.5. The number of non-ortho nitro benzene ring substituents is 1. The molecule has 1 aliphatic rings. The van der Waals surface area contributed by atoms with E-state index in [1.54, 1.807) is 18.2 Å². The number of ether oxygens (including phenoxy) is 1. The molecule has 1 unspecified atom stereocenters. The standard InChI is InChI=1S/C28H19N3O4/c29-17-23-26(20-10-6-11-21(16-20)31(33)34)27-22-12-5-4-9-19(22)13-14-24(27)35-28(23)30-25(32)15-18-7-2-1-3-8-18/h1-14,16,26H,15H2,(H,30,32). The molecule has 4 aromatic rings. The summed E-state index contributed by atoms with van der Waals surface area (Å²) in [5, 5.41) is 26.2. The summed E-state index contributed by atoms with van der Waals surface area (Å²) in [5.74, 6) is -0.482. The zero-order chi connectivity index (χ0) is 24.4. The van der Waals surface area contributed by atoms with Gasteiger partial charge in [-0.25, -0.2) is 0 Å². The van der Waals surface area contributed by atoms with Gasteiger partial charge in [0.1, 0.15) is 17.4 Å². The van der Waals surface area contributed by atoms with Crippen LogP contribution in [0.5, 0.6) is 5.75 Å². The third-order valence-corrected chi connectivity index (χ3v) is 5.96. The number of rotatable bonds is 5. The summed E-state index contributed by atoms with van der Waals surface area (Å²) >= 11 is 0. The number of nitro benzene ring substituents is 1. The van der Waals surface area contributed by atoms with Crippen molar-refractivity contribution < 1.29 is 14.5 Å². The number of nitriles is 1. The van der Waals surface area contributed by atoms with Crippen molar-refractivity contribution in [3.05, 3.63) is 129 Å². The number of nitrogens with one attached hydrogen (secondary N) is 1. The minimum absolute atomic E-state index is 0.0349. The molecule has 1 heterocycles. The molecular formula is C28H19N3O4. The van der Waals surface area contributed by atoms with E-state index in [4.69, 9.17) is 4.74 Å². The number of allylic oxidation sites excluding steroid dienone is 1. The first-order valence-corrected chi connectivity index (χ1v) is 11.0. The highest BCUT2D eigenvalue weighted by molar-refractivity contribution is 5.90. The first-order chi connectivity index (χ1) is 17.0. The first kappa shape index (κ1) is 21.9. The van der Waals surface area contributed by atoms with Crippen molar-refractivity contribution in [2.24, 2.45) is 0 Å². The van der Waals surface area contributed by atoms with E-state index in [0.29, 0.717) is 11.3 Å². The molecule has 1 atom stereocenters. The predicted molar refractivity (Wildman–Crippen MR) is 130 cm³/mol. The van der Waals surface area contributed by atoms with Crippen LogP contribution in [0.1, 0.15) is 22.6 Å². The van der Waals surface area contributed by atoms with Crippen molar-refractivity contribution in [3.8, 4) is 11.8 Å². The smallest absolute Gasteiger partial charge is 0.269 e. The van der Waals surface area contributed by atoms with E-state index < -0.39 is 10.8 Å². The van der Waals surface area contributed by atoms with Crippen LogP contribution in [-0.4, -0.2) is 10.8 Å². The molecule has 0 radical (unpaired) electrons. The number of amides is 1. The Morgan fingerprint density at radius 1 is 1.00 bits per heavy atom. The van der Waals surface area contributed by atoms with E-state index in [9.17, 15) is 20.2 Å². The maximum atomic E-state index is 12.8. The number of carbonyl (C=O) groups is 1. The highest BCUT2D eigenvalue weighted by Gasteiger charge is 2.34. The number of fused-ring (bicyclic) bond motifs is 3. The summed E-state index contributed by atoms with van der Waals surface area (Å²) in [5.41, 5.74) is 2.20. The highest BCUT2D eigenvalue weighted by atomic mass is 16.6. The van der Waals surface area contributed by atoms with Crippen molar-refractivity contribution in [2.45, 2.75) is 12.3 Å². The van der Waals surface area contributed by atoms with Crippen LogP contribution in [0.3, 0.4) is 0 Å². The number of hydrogen-bond donors (Lipinski definition) is 1. The van der Waals surface area contributed by atoms with E-state index in [1.165, 1.54) is 12.1 Å². The Hall–Kier alpha value is -4.96. The van der Waals surface area contributed by atoms with Gasteiger partial charge in [0, 0.05) is 17.7 Å². The molecule has 1 N–H and O–H groups in total. The van der Waals surface area contributed by atoms with Crippen molar-refractivity contribution in [3.63, 3.8) is 0 Å². The average Bonchev–Trinajstić information content (AvgIpc) is 2.88. The molecule has 1 amide bonds. The normalized spacial score (nSPS) is 14.5. The van der Waals surface area contributed by atoms with E-state index in [1.807, 2.05) is 60.7 Å². The van der Waals surface area contributed by atoms with Crippen LogP contribution in [0.4, 0.5) is 5.69 Å². The van der Waals surface area contributed by atoms with Gasteiger partial charge in [-0.3, -0.25) is 20.2 Å². The van der Waals surface area contributed by atoms with Gasteiger partial charge < -0.3 is 4.74 Å². The molecule has 0 aromatic heterocycles. The average molecular weight is 461 g/mol. The second kappa shape index (κ2) is 9.12. The maximum absolute atomic E-state index is 12.8. The lowest BCUT2D eigenvalue weighted by atomic mass is 9.81. The molecule has 4 aromatic carbocycles. The summed E-state index contributed by atoms with van der Waals surface area (Å²) in [6, 6.07) is 29.0. The second-order valence-corrected chi connectivity index (χ2v) is 8.15. The fraction of sp³-hybridized carbons (Fsp3) is 0.0714. The number of carbonyl (C=O) groups excluding carboxylic acids is 1. The van der Waals surface area contributed by atoms with E-state index >= 15 is 0 Å². The predicted octanol–water partition coefficient (Wildman–Crippen LogP) is 5.37. The molecule has 0 fully saturated rings. The molecule has 5 rings (SSSR count). The fourth-order valence-electron chi connectivity index (χ4n) is 4.41. The molecule has 7 heteroatoms. The van der Waals surface area contributed by atoms with Gasteiger partial charge in [0.15, 0.2) is 0 Å². The number of nitro groups is 1. The summed E-state index contributed by atoms with van der Waals surface area (Å²) in [6.45, 7) is 0. The van der Waals surface area contributed by atoms with Crippen molar-refractivity contribution in [1.82, 2.24) is 5.32 Å². The Bertz CT molecular complexity index is 1540. The van der Waals surface area contributed by atoms with Crippen molar-refractivity contribution in [2.75, 3.05) is 0 Å². The molecule has 35 heavy (non-hydrogen) atoms. The molecule has 0 aliphatic carbocycles. The molecule has 0 spiro atoms. The van der Waals surface area contributed by atoms with Crippen molar-refractivity contribution >= 4 is 22.4 Å². The lowest BCUT2D eigenvalue weighted by Gasteiger charge is -2.29. The van der Waals surface area contributed by atoms with Gasteiger partial charge in [0.25, 0.3) is 5.69 Å². The number of hydrogen-bond acceptors (Lipinski definition) is 5. The van der Waals surface area contributed by atoms with Gasteiger partial charge in [-0.2, -0.15) is 5.26 Å². The Kier molecular flexibility index (Phi) is 5.70. The van der Waals surface area contributed by atoms with Crippen molar-refractivity contribution in [1.29, 1.82) is 5.26 Å². The lowest BCUT2D eigenvalue weighted by Crippen LogP contribution is -2.32. The third-order valence-electron chi connectivity index (χ3n) is 5.96.